The average molecular weight is 921 g/mol. The Bertz CT molecular complexity index is 1410. The standard InChI is InChI=1S/C40H56O12S6/c1-3-33-34-4-2-6-36(33)52-26-24-48-18-16-44-10-8-42-12-14-46-20-22-50-28-30-54-38-32-56-40(58-38)39-55-31-37(57-39)53-29-27-49-21-19-45-13-11-41-7-9-43-15-17-47-23-25-51-35(34)5-1/h1-6,31-32H,7-30H2/b40-39-. The van der Waals surface area contributed by atoms with Gasteiger partial charge in [0.25, 0.3) is 0 Å². The molecule has 0 saturated heterocycles. The monoisotopic (exact) mass is 920 g/mol. The number of fused-ring (bicyclic) bond motifs is 4. The van der Waals surface area contributed by atoms with Crippen molar-refractivity contribution in [2.24, 2.45) is 0 Å². The summed E-state index contributed by atoms with van der Waals surface area (Å²) in [5.41, 5.74) is 0. The molecule has 0 saturated carbocycles. The molecule has 5 rings (SSSR count). The van der Waals surface area contributed by atoms with Gasteiger partial charge in [-0.1, -0.05) is 71.3 Å². The molecule has 0 N–H and O–H groups in total. The maximum absolute atomic E-state index is 6.05. The van der Waals surface area contributed by atoms with Gasteiger partial charge >= 0.3 is 0 Å². The van der Waals surface area contributed by atoms with Crippen LogP contribution in [0.4, 0.5) is 0 Å². The van der Waals surface area contributed by atoms with Crippen LogP contribution in [0.5, 0.6) is 11.5 Å². The van der Waals surface area contributed by atoms with Gasteiger partial charge < -0.3 is 56.8 Å². The van der Waals surface area contributed by atoms with E-state index in [0.717, 1.165) is 33.8 Å². The van der Waals surface area contributed by atoms with Crippen LogP contribution in [-0.4, -0.2) is 157 Å². The molecule has 18 heteroatoms. The SMILES string of the molecule is C1=C2SCCOCCOCCOCCOCCOCCOc3cccc4c(cccc34)OCCOCCOCCOCCOCCOCCSC3=CS/C(=C(\S1)S2)S3. The van der Waals surface area contributed by atoms with E-state index < -0.39 is 0 Å². The molecule has 0 unspecified atom stereocenters. The van der Waals surface area contributed by atoms with Gasteiger partial charge in [-0.3, -0.25) is 0 Å². The minimum Gasteiger partial charge on any atom is -0.491 e. The third-order valence-electron chi connectivity index (χ3n) is 7.81. The maximum atomic E-state index is 6.05. The molecule has 12 nitrogen and oxygen atoms in total. The van der Waals surface area contributed by atoms with Gasteiger partial charge in [0.1, 0.15) is 24.7 Å². The third-order valence-corrected chi connectivity index (χ3v) is 15.7. The second-order valence-electron chi connectivity index (χ2n) is 12.0. The molecule has 324 valence electrons. The lowest BCUT2D eigenvalue weighted by atomic mass is 10.1. The average Bonchev–Trinajstić information content (AvgIpc) is 3.92. The van der Waals surface area contributed by atoms with Crippen molar-refractivity contribution in [3.05, 3.63) is 64.2 Å². The van der Waals surface area contributed by atoms with Crippen LogP contribution in [-0.2, 0) is 47.4 Å². The molecule has 2 aromatic carbocycles. The first-order valence-electron chi connectivity index (χ1n) is 19.5. The van der Waals surface area contributed by atoms with Gasteiger partial charge in [-0.25, -0.2) is 0 Å². The fourth-order valence-electron chi connectivity index (χ4n) is 5.08. The summed E-state index contributed by atoms with van der Waals surface area (Å²) in [6.45, 7) is 11.5. The number of rotatable bonds is 0. The lowest BCUT2D eigenvalue weighted by Gasteiger charge is -2.13. The summed E-state index contributed by atoms with van der Waals surface area (Å²) in [4.78, 5) is 0. The number of hydrogen-bond donors (Lipinski definition) is 0. The Kier molecular flexibility index (Phi) is 26.6. The summed E-state index contributed by atoms with van der Waals surface area (Å²) < 4.78 is 74.1. The van der Waals surface area contributed by atoms with E-state index in [0.29, 0.717) is 145 Å². The van der Waals surface area contributed by atoms with Crippen molar-refractivity contribution in [3.8, 4) is 11.5 Å². The minimum absolute atomic E-state index is 0.427. The van der Waals surface area contributed by atoms with Crippen molar-refractivity contribution >= 4 is 81.3 Å². The van der Waals surface area contributed by atoms with Crippen molar-refractivity contribution in [2.75, 3.05) is 157 Å². The third kappa shape index (κ3) is 20.4. The first-order chi connectivity index (χ1) is 28.9. The number of benzene rings is 2. The molecular formula is C40H56O12S6. The summed E-state index contributed by atoms with van der Waals surface area (Å²) in [5.74, 6) is 3.40. The molecule has 3 aliphatic rings. The predicted molar refractivity (Wildman–Crippen MR) is 242 cm³/mol. The van der Waals surface area contributed by atoms with E-state index >= 15 is 0 Å². The van der Waals surface area contributed by atoms with Gasteiger partial charge in [0.05, 0.1) is 149 Å². The van der Waals surface area contributed by atoms with Gasteiger partial charge in [-0.15, -0.1) is 23.5 Å². The van der Waals surface area contributed by atoms with Crippen LogP contribution < -0.4 is 9.47 Å². The summed E-state index contributed by atoms with van der Waals surface area (Å²) in [6, 6.07) is 11.9. The van der Waals surface area contributed by atoms with Crippen molar-refractivity contribution in [1.82, 2.24) is 0 Å². The highest BCUT2D eigenvalue weighted by Crippen LogP contribution is 2.58. The molecule has 0 radical (unpaired) electrons. The molecule has 0 amide bonds. The summed E-state index contributed by atoms with van der Waals surface area (Å²) >= 11 is 11.0. The van der Waals surface area contributed by atoms with Crippen LogP contribution >= 0.6 is 70.6 Å². The Morgan fingerprint density at radius 3 is 0.948 bits per heavy atom. The second-order valence-corrected chi connectivity index (χ2v) is 19.2. The highest BCUT2D eigenvalue weighted by atomic mass is 32.2. The number of thioether (sulfide) groups is 6. The van der Waals surface area contributed by atoms with Gasteiger partial charge in [-0.2, -0.15) is 0 Å². The van der Waals surface area contributed by atoms with Gasteiger partial charge in [0.15, 0.2) is 0 Å². The molecule has 2 aromatic rings. The van der Waals surface area contributed by atoms with Crippen LogP contribution in [0.2, 0.25) is 0 Å². The van der Waals surface area contributed by atoms with Crippen molar-refractivity contribution in [3.63, 3.8) is 0 Å². The Hall–Kier alpha value is -0.780. The second kappa shape index (κ2) is 32.0. The zero-order valence-electron chi connectivity index (χ0n) is 32.9. The highest BCUT2D eigenvalue weighted by Gasteiger charge is 2.22. The van der Waals surface area contributed by atoms with Gasteiger partial charge in [-0.05, 0) is 22.9 Å². The van der Waals surface area contributed by atoms with Crippen molar-refractivity contribution in [2.45, 2.75) is 0 Å². The van der Waals surface area contributed by atoms with E-state index in [4.69, 9.17) is 56.8 Å². The van der Waals surface area contributed by atoms with Crippen LogP contribution in [0.25, 0.3) is 10.8 Å². The minimum atomic E-state index is 0.427. The Balaban J connectivity index is 0.940. The fourth-order valence-corrected chi connectivity index (χ4v) is 12.6. The lowest BCUT2D eigenvalue weighted by molar-refractivity contribution is -0.0118. The van der Waals surface area contributed by atoms with E-state index in [1.54, 1.807) is 0 Å². The van der Waals surface area contributed by atoms with E-state index in [1.165, 1.54) is 16.9 Å². The fraction of sp³-hybridized carbons (Fsp3) is 0.600. The smallest absolute Gasteiger partial charge is 0.127 e. The van der Waals surface area contributed by atoms with Crippen LogP contribution in [0.15, 0.2) is 64.2 Å². The molecule has 8 bridgehead atoms. The molecular weight excluding hydrogens is 865 g/mol. The van der Waals surface area contributed by atoms with Crippen molar-refractivity contribution < 1.29 is 56.8 Å². The molecule has 0 aromatic heterocycles. The van der Waals surface area contributed by atoms with Crippen LogP contribution in [0.1, 0.15) is 0 Å². The molecule has 0 atom stereocenters. The van der Waals surface area contributed by atoms with E-state index in [2.05, 4.69) is 10.8 Å². The first-order valence-corrected chi connectivity index (χ1v) is 24.9. The molecule has 3 aliphatic heterocycles. The highest BCUT2D eigenvalue weighted by molar-refractivity contribution is 8.40. The summed E-state index contributed by atoms with van der Waals surface area (Å²) in [7, 11) is 0. The summed E-state index contributed by atoms with van der Waals surface area (Å²) in [6.07, 6.45) is 0. The zero-order chi connectivity index (χ0) is 40.0. The Morgan fingerprint density at radius 1 is 0.328 bits per heavy atom. The van der Waals surface area contributed by atoms with Gasteiger partial charge in [0.2, 0.25) is 0 Å². The normalized spacial score (nSPS) is 23.4. The Morgan fingerprint density at radius 2 is 0.621 bits per heavy atom. The molecule has 0 aliphatic carbocycles. The van der Waals surface area contributed by atoms with Gasteiger partial charge in [0, 0.05) is 22.3 Å². The van der Waals surface area contributed by atoms with E-state index in [-0.39, 0.29) is 0 Å². The predicted octanol–water partition coefficient (Wildman–Crippen LogP) is 7.93. The molecule has 3 heterocycles. The Labute approximate surface area is 368 Å². The number of ether oxygens (including phenoxy) is 12. The largest absolute Gasteiger partial charge is 0.491 e. The first kappa shape index (κ1) is 48.3. The number of hydrogen-bond acceptors (Lipinski definition) is 18. The van der Waals surface area contributed by atoms with Crippen molar-refractivity contribution in [1.29, 1.82) is 0 Å². The quantitative estimate of drug-likeness (QED) is 0.255. The van der Waals surface area contributed by atoms with E-state index in [1.807, 2.05) is 107 Å². The topological polar surface area (TPSA) is 111 Å². The summed E-state index contributed by atoms with van der Waals surface area (Å²) in [5, 5.41) is 6.46. The molecule has 0 fully saturated rings. The molecule has 0 spiro atoms. The molecule has 58 heavy (non-hydrogen) atoms. The van der Waals surface area contributed by atoms with E-state index in [9.17, 15) is 0 Å². The maximum Gasteiger partial charge on any atom is 0.127 e. The van der Waals surface area contributed by atoms with Crippen LogP contribution in [0, 0.1) is 0 Å². The lowest BCUT2D eigenvalue weighted by Crippen LogP contribution is -2.14. The van der Waals surface area contributed by atoms with Crippen LogP contribution in [0.3, 0.4) is 0 Å². The zero-order valence-corrected chi connectivity index (χ0v) is 37.8.